The fourth-order valence-corrected chi connectivity index (χ4v) is 3.84. The lowest BCUT2D eigenvalue weighted by molar-refractivity contribution is 0.0153. The predicted molar refractivity (Wildman–Crippen MR) is 116 cm³/mol. The maximum absolute atomic E-state index is 6.27. The van der Waals surface area contributed by atoms with Crippen molar-refractivity contribution in [3.8, 4) is 5.75 Å². The fourth-order valence-electron chi connectivity index (χ4n) is 3.84. The Labute approximate surface area is 172 Å². The molecule has 160 valence electrons. The second-order valence-electron chi connectivity index (χ2n) is 8.07. The van der Waals surface area contributed by atoms with Crippen molar-refractivity contribution >= 4 is 0 Å². The molecule has 0 saturated heterocycles. The van der Waals surface area contributed by atoms with E-state index in [1.54, 1.807) is 0 Å². The average molecular weight is 392 g/mol. The molecular formula is C24H41NO3. The number of hydrogen-bond acceptors (Lipinski definition) is 4. The highest BCUT2D eigenvalue weighted by Gasteiger charge is 2.18. The molecule has 0 aromatic heterocycles. The van der Waals surface area contributed by atoms with Gasteiger partial charge >= 0.3 is 0 Å². The fraction of sp³-hybridized carbons (Fsp3) is 0.750. The Balaban J connectivity index is 2.12. The molecule has 1 fully saturated rings. The third-order valence-electron chi connectivity index (χ3n) is 5.59. The summed E-state index contributed by atoms with van der Waals surface area (Å²) in [5, 5.41) is 0. The van der Waals surface area contributed by atoms with Gasteiger partial charge in [0.1, 0.15) is 12.4 Å². The van der Waals surface area contributed by atoms with Crippen LogP contribution in [0.3, 0.4) is 0 Å². The van der Waals surface area contributed by atoms with Gasteiger partial charge in [0.25, 0.3) is 0 Å². The van der Waals surface area contributed by atoms with Crippen LogP contribution in [0.1, 0.15) is 88.8 Å². The van der Waals surface area contributed by atoms with Gasteiger partial charge < -0.3 is 19.9 Å². The van der Waals surface area contributed by atoms with Gasteiger partial charge in [-0.1, -0.05) is 46.0 Å². The topological polar surface area (TPSA) is 53.7 Å². The molecule has 2 N–H and O–H groups in total. The monoisotopic (exact) mass is 391 g/mol. The molecule has 0 spiro atoms. The van der Waals surface area contributed by atoms with Gasteiger partial charge in [-0.3, -0.25) is 0 Å². The quantitative estimate of drug-likeness (QED) is 0.480. The minimum absolute atomic E-state index is 0.259. The van der Waals surface area contributed by atoms with E-state index in [9.17, 15) is 0 Å². The van der Waals surface area contributed by atoms with Crippen molar-refractivity contribution in [3.05, 3.63) is 28.8 Å². The zero-order chi connectivity index (χ0) is 20.2. The normalized spacial score (nSPS) is 16.3. The molecule has 1 aromatic carbocycles. The van der Waals surface area contributed by atoms with Crippen LogP contribution in [0.4, 0.5) is 0 Å². The summed E-state index contributed by atoms with van der Waals surface area (Å²) >= 11 is 0. The maximum atomic E-state index is 6.27. The van der Waals surface area contributed by atoms with Gasteiger partial charge in [-0.15, -0.1) is 0 Å². The van der Waals surface area contributed by atoms with Crippen LogP contribution in [0.15, 0.2) is 12.1 Å². The Morgan fingerprint density at radius 1 is 1.07 bits per heavy atom. The largest absolute Gasteiger partial charge is 0.492 e. The molecule has 4 heteroatoms. The second kappa shape index (κ2) is 13.2. The molecule has 1 unspecified atom stereocenters. The van der Waals surface area contributed by atoms with E-state index in [1.165, 1.54) is 50.5 Å². The van der Waals surface area contributed by atoms with Crippen molar-refractivity contribution in [1.29, 1.82) is 0 Å². The summed E-state index contributed by atoms with van der Waals surface area (Å²) in [7, 11) is 0. The van der Waals surface area contributed by atoms with Crippen molar-refractivity contribution in [3.63, 3.8) is 0 Å². The van der Waals surface area contributed by atoms with Crippen molar-refractivity contribution in [2.75, 3.05) is 13.2 Å². The number of rotatable bonds is 13. The van der Waals surface area contributed by atoms with E-state index in [-0.39, 0.29) is 6.10 Å². The van der Waals surface area contributed by atoms with E-state index >= 15 is 0 Å². The number of nitrogens with two attached hydrogens (primary N) is 1. The lowest BCUT2D eigenvalue weighted by Gasteiger charge is -2.24. The predicted octanol–water partition coefficient (Wildman–Crippen LogP) is 5.53. The summed E-state index contributed by atoms with van der Waals surface area (Å²) in [4.78, 5) is 0. The van der Waals surface area contributed by atoms with Crippen LogP contribution in [-0.2, 0) is 29.1 Å². The highest BCUT2D eigenvalue weighted by atomic mass is 16.5. The van der Waals surface area contributed by atoms with Crippen LogP contribution in [0, 0.1) is 0 Å². The van der Waals surface area contributed by atoms with E-state index in [0.29, 0.717) is 32.5 Å². The first-order chi connectivity index (χ1) is 13.7. The smallest absolute Gasteiger partial charge is 0.130 e. The third kappa shape index (κ3) is 7.73. The number of unbranched alkanes of at least 4 members (excludes halogenated alkanes) is 1. The molecule has 0 amide bonds. The number of aryl methyl sites for hydroxylation is 1. The van der Waals surface area contributed by atoms with Crippen LogP contribution in [0.2, 0.25) is 0 Å². The molecule has 0 radical (unpaired) electrons. The van der Waals surface area contributed by atoms with Crippen molar-refractivity contribution in [1.82, 2.24) is 0 Å². The summed E-state index contributed by atoms with van der Waals surface area (Å²) in [5.74, 6) is 0.918. The molecule has 1 aliphatic rings. The standard InChI is InChI=1S/C24H41NO3/c1-4-6-10-19(3)27-17-21-15-20(5-2)16-22(24(21)26-14-13-25)18-28-23-11-8-7-9-12-23/h15-16,19,23H,4-14,17-18,25H2,1-3H3. The van der Waals surface area contributed by atoms with Crippen LogP contribution in [0.5, 0.6) is 5.75 Å². The first-order valence-corrected chi connectivity index (χ1v) is 11.4. The zero-order valence-electron chi connectivity index (χ0n) is 18.3. The van der Waals surface area contributed by atoms with E-state index in [0.717, 1.165) is 29.7 Å². The summed E-state index contributed by atoms with van der Waals surface area (Å²) in [5.41, 5.74) is 9.28. The van der Waals surface area contributed by atoms with E-state index in [1.807, 2.05) is 0 Å². The van der Waals surface area contributed by atoms with Gasteiger partial charge in [-0.2, -0.15) is 0 Å². The molecular weight excluding hydrogens is 350 g/mol. The summed E-state index contributed by atoms with van der Waals surface area (Å²) in [6.07, 6.45) is 11.4. The lowest BCUT2D eigenvalue weighted by atomic mass is 9.97. The molecule has 0 heterocycles. The maximum Gasteiger partial charge on any atom is 0.130 e. The minimum Gasteiger partial charge on any atom is -0.492 e. The summed E-state index contributed by atoms with van der Waals surface area (Å²) in [6, 6.07) is 4.46. The van der Waals surface area contributed by atoms with Crippen molar-refractivity contribution < 1.29 is 14.2 Å². The van der Waals surface area contributed by atoms with Crippen molar-refractivity contribution in [2.45, 2.75) is 104 Å². The number of benzene rings is 1. The third-order valence-corrected chi connectivity index (χ3v) is 5.59. The van der Waals surface area contributed by atoms with Crippen molar-refractivity contribution in [2.24, 2.45) is 5.73 Å². The van der Waals surface area contributed by atoms with Crippen LogP contribution < -0.4 is 10.5 Å². The van der Waals surface area contributed by atoms with Crippen LogP contribution in [-0.4, -0.2) is 25.4 Å². The molecule has 0 bridgehead atoms. The minimum atomic E-state index is 0.259. The SMILES string of the molecule is CCCCC(C)OCc1cc(CC)cc(COC2CCCCC2)c1OCCN. The Kier molecular flexibility index (Phi) is 10.9. The van der Waals surface area contributed by atoms with Gasteiger partial charge in [0.05, 0.1) is 25.4 Å². The molecule has 0 aliphatic heterocycles. The second-order valence-corrected chi connectivity index (χ2v) is 8.07. The molecule has 1 aromatic rings. The summed E-state index contributed by atoms with van der Waals surface area (Å²) < 4.78 is 18.5. The van der Waals surface area contributed by atoms with E-state index < -0.39 is 0 Å². The van der Waals surface area contributed by atoms with Gasteiger partial charge in [-0.25, -0.2) is 0 Å². The van der Waals surface area contributed by atoms with Gasteiger partial charge in [-0.05, 0) is 50.3 Å². The van der Waals surface area contributed by atoms with Gasteiger partial charge in [0, 0.05) is 17.7 Å². The number of hydrogen-bond donors (Lipinski definition) is 1. The van der Waals surface area contributed by atoms with Crippen LogP contribution >= 0.6 is 0 Å². The Morgan fingerprint density at radius 2 is 1.79 bits per heavy atom. The van der Waals surface area contributed by atoms with E-state index in [4.69, 9.17) is 19.9 Å². The highest BCUT2D eigenvalue weighted by Crippen LogP contribution is 2.30. The molecule has 28 heavy (non-hydrogen) atoms. The summed E-state index contributed by atoms with van der Waals surface area (Å²) in [6.45, 7) is 8.77. The number of ether oxygens (including phenoxy) is 3. The first-order valence-electron chi connectivity index (χ1n) is 11.4. The van der Waals surface area contributed by atoms with E-state index in [2.05, 4.69) is 32.9 Å². The molecule has 1 aliphatic carbocycles. The first kappa shape index (κ1) is 23.2. The molecule has 1 atom stereocenters. The average Bonchev–Trinajstić information content (AvgIpc) is 2.74. The van der Waals surface area contributed by atoms with Gasteiger partial charge in [0.2, 0.25) is 0 Å². The highest BCUT2D eigenvalue weighted by molar-refractivity contribution is 5.44. The lowest BCUT2D eigenvalue weighted by Crippen LogP contribution is -2.18. The van der Waals surface area contributed by atoms with Crippen LogP contribution in [0.25, 0.3) is 0 Å². The van der Waals surface area contributed by atoms with Gasteiger partial charge in [0.15, 0.2) is 0 Å². The molecule has 2 rings (SSSR count). The Hall–Kier alpha value is -1.10. The Morgan fingerprint density at radius 3 is 2.43 bits per heavy atom. The molecule has 4 nitrogen and oxygen atoms in total. The Bertz CT molecular complexity index is 555. The zero-order valence-corrected chi connectivity index (χ0v) is 18.3. The molecule has 1 saturated carbocycles.